The third kappa shape index (κ3) is 5.01. The van der Waals surface area contributed by atoms with Crippen molar-refractivity contribution in [2.75, 3.05) is 0 Å². The Balaban J connectivity index is 1.60. The molecule has 0 bridgehead atoms. The van der Waals surface area contributed by atoms with Crippen LogP contribution in [0.4, 0.5) is 5.69 Å². The molecule has 0 saturated carbocycles. The summed E-state index contributed by atoms with van der Waals surface area (Å²) < 4.78 is 1.74. The quantitative estimate of drug-likeness (QED) is 0.264. The van der Waals surface area contributed by atoms with Gasteiger partial charge in [-0.15, -0.1) is 0 Å². The van der Waals surface area contributed by atoms with Crippen molar-refractivity contribution in [1.29, 1.82) is 0 Å². The van der Waals surface area contributed by atoms with Crippen molar-refractivity contribution in [3.63, 3.8) is 0 Å². The number of nitrogens with zero attached hydrogens (tertiary/aromatic N) is 4. The molecule has 0 aliphatic heterocycles. The van der Waals surface area contributed by atoms with Crippen LogP contribution in [0.5, 0.6) is 0 Å². The maximum absolute atomic E-state index is 12.7. The number of aromatic nitrogens is 2. The van der Waals surface area contributed by atoms with Crippen LogP contribution in [0.3, 0.4) is 0 Å². The molecule has 8 nitrogen and oxygen atoms in total. The summed E-state index contributed by atoms with van der Waals surface area (Å²) in [5.41, 5.74) is 8.07. The van der Waals surface area contributed by atoms with Gasteiger partial charge in [0.2, 0.25) is 0 Å². The van der Waals surface area contributed by atoms with Gasteiger partial charge in [-0.05, 0) is 55.3 Å². The Morgan fingerprint density at radius 2 is 1.73 bits per heavy atom. The lowest BCUT2D eigenvalue weighted by Gasteiger charge is -2.08. The van der Waals surface area contributed by atoms with Gasteiger partial charge in [0, 0.05) is 17.7 Å². The van der Waals surface area contributed by atoms with Crippen molar-refractivity contribution in [1.82, 2.24) is 15.2 Å². The van der Waals surface area contributed by atoms with Gasteiger partial charge in [-0.3, -0.25) is 14.9 Å². The van der Waals surface area contributed by atoms with E-state index in [-0.39, 0.29) is 11.4 Å². The highest BCUT2D eigenvalue weighted by molar-refractivity contribution is 5.94. The first-order chi connectivity index (χ1) is 15.9. The number of carbonyl (C=O) groups is 1. The highest BCUT2D eigenvalue weighted by atomic mass is 16.6. The Morgan fingerprint density at radius 1 is 1.00 bits per heavy atom. The fourth-order valence-electron chi connectivity index (χ4n) is 3.28. The second-order valence-corrected chi connectivity index (χ2v) is 7.58. The molecule has 1 heterocycles. The first kappa shape index (κ1) is 21.6. The summed E-state index contributed by atoms with van der Waals surface area (Å²) in [6.07, 6.45) is 1.42. The largest absolute Gasteiger partial charge is 0.291 e. The van der Waals surface area contributed by atoms with Crippen molar-refractivity contribution in [3.8, 4) is 16.9 Å². The summed E-state index contributed by atoms with van der Waals surface area (Å²) in [5.74, 6) is -0.465. The van der Waals surface area contributed by atoms with E-state index in [2.05, 4.69) is 15.6 Å². The van der Waals surface area contributed by atoms with E-state index in [1.165, 1.54) is 18.3 Å². The number of nitrogens with one attached hydrogen (secondary N) is 1. The van der Waals surface area contributed by atoms with Crippen molar-refractivity contribution >= 4 is 17.8 Å². The minimum atomic E-state index is -0.473. The molecule has 3 aromatic carbocycles. The van der Waals surface area contributed by atoms with Gasteiger partial charge in [-0.25, -0.2) is 10.1 Å². The number of nitro groups is 1. The maximum atomic E-state index is 12.7. The molecule has 0 aliphatic rings. The Morgan fingerprint density at radius 3 is 2.39 bits per heavy atom. The fourth-order valence-corrected chi connectivity index (χ4v) is 3.28. The van der Waals surface area contributed by atoms with Gasteiger partial charge in [0.15, 0.2) is 5.69 Å². The molecule has 8 heteroatoms. The molecule has 0 radical (unpaired) electrons. The molecule has 4 aromatic rings. The summed E-state index contributed by atoms with van der Waals surface area (Å²) in [6.45, 7) is 4.02. The van der Waals surface area contributed by atoms with Gasteiger partial charge in [0.25, 0.3) is 11.6 Å². The zero-order chi connectivity index (χ0) is 23.4. The number of non-ortho nitro benzene ring substituents is 1. The molecule has 0 spiro atoms. The average Bonchev–Trinajstić information content (AvgIpc) is 3.25. The third-order valence-corrected chi connectivity index (χ3v) is 5.02. The van der Waals surface area contributed by atoms with E-state index in [1.54, 1.807) is 22.9 Å². The Kier molecular flexibility index (Phi) is 6.08. The van der Waals surface area contributed by atoms with E-state index in [4.69, 9.17) is 0 Å². The van der Waals surface area contributed by atoms with Crippen LogP contribution in [-0.4, -0.2) is 26.8 Å². The van der Waals surface area contributed by atoms with Gasteiger partial charge in [-0.2, -0.15) is 10.2 Å². The Bertz CT molecular complexity index is 1340. The standard InChI is InChI=1S/C25H21N5O3/c1-17-6-10-20(11-7-17)24-15-23(28-29(24)22-5-3-4-18(2)14-22)25(31)27-26-16-19-8-12-21(13-9-19)30(32)33/h3-16H,1-2H3,(H,27,31)/b26-16-. The van der Waals surface area contributed by atoms with E-state index < -0.39 is 10.8 Å². The number of amides is 1. The molecule has 1 amide bonds. The molecule has 0 aliphatic carbocycles. The van der Waals surface area contributed by atoms with Crippen molar-refractivity contribution < 1.29 is 9.72 Å². The molecular weight excluding hydrogens is 418 g/mol. The van der Waals surface area contributed by atoms with Crippen LogP contribution in [0, 0.1) is 24.0 Å². The van der Waals surface area contributed by atoms with Crippen molar-refractivity contribution in [3.05, 3.63) is 111 Å². The fraction of sp³-hybridized carbons (Fsp3) is 0.0800. The number of aryl methyl sites for hydroxylation is 2. The summed E-state index contributed by atoms with van der Waals surface area (Å²) >= 11 is 0. The molecule has 0 unspecified atom stereocenters. The molecule has 4 rings (SSSR count). The van der Waals surface area contributed by atoms with E-state index >= 15 is 0 Å². The van der Waals surface area contributed by atoms with Gasteiger partial charge in [0.05, 0.1) is 22.5 Å². The number of carbonyl (C=O) groups excluding carboxylic acids is 1. The molecule has 1 N–H and O–H groups in total. The van der Waals surface area contributed by atoms with E-state index in [1.807, 2.05) is 62.4 Å². The molecule has 0 saturated heterocycles. The lowest BCUT2D eigenvalue weighted by atomic mass is 10.1. The van der Waals surface area contributed by atoms with Crippen LogP contribution in [-0.2, 0) is 0 Å². The van der Waals surface area contributed by atoms with Crippen LogP contribution in [0.25, 0.3) is 16.9 Å². The van der Waals surface area contributed by atoms with Crippen LogP contribution < -0.4 is 5.43 Å². The third-order valence-electron chi connectivity index (χ3n) is 5.02. The molecule has 0 fully saturated rings. The Labute approximate surface area is 190 Å². The van der Waals surface area contributed by atoms with Gasteiger partial charge in [0.1, 0.15) is 0 Å². The topological polar surface area (TPSA) is 102 Å². The summed E-state index contributed by atoms with van der Waals surface area (Å²) in [7, 11) is 0. The smallest absolute Gasteiger partial charge is 0.265 e. The second-order valence-electron chi connectivity index (χ2n) is 7.58. The van der Waals surface area contributed by atoms with Crippen LogP contribution in [0.2, 0.25) is 0 Å². The van der Waals surface area contributed by atoms with Gasteiger partial charge in [-0.1, -0.05) is 42.0 Å². The average molecular weight is 439 g/mol. The predicted octanol–water partition coefficient (Wildman–Crippen LogP) is 4.83. The number of benzene rings is 3. The zero-order valence-electron chi connectivity index (χ0n) is 18.1. The zero-order valence-corrected chi connectivity index (χ0v) is 18.1. The highest BCUT2D eigenvalue weighted by Crippen LogP contribution is 2.25. The van der Waals surface area contributed by atoms with Crippen molar-refractivity contribution in [2.24, 2.45) is 5.10 Å². The summed E-state index contributed by atoms with van der Waals surface area (Å²) in [4.78, 5) is 23.0. The number of nitro benzene ring substituents is 1. The second kappa shape index (κ2) is 9.27. The number of rotatable bonds is 6. The first-order valence-electron chi connectivity index (χ1n) is 10.2. The minimum absolute atomic E-state index is 0.0125. The predicted molar refractivity (Wildman–Crippen MR) is 127 cm³/mol. The van der Waals surface area contributed by atoms with Gasteiger partial charge >= 0.3 is 0 Å². The van der Waals surface area contributed by atoms with Crippen LogP contribution in [0.15, 0.2) is 84.0 Å². The summed E-state index contributed by atoms with van der Waals surface area (Å²) in [5, 5.41) is 19.2. The number of hydrazone groups is 1. The normalized spacial score (nSPS) is 11.0. The minimum Gasteiger partial charge on any atom is -0.265 e. The lowest BCUT2D eigenvalue weighted by molar-refractivity contribution is -0.384. The van der Waals surface area contributed by atoms with Crippen LogP contribution >= 0.6 is 0 Å². The molecule has 1 aromatic heterocycles. The van der Waals surface area contributed by atoms with Gasteiger partial charge < -0.3 is 0 Å². The van der Waals surface area contributed by atoms with Crippen LogP contribution in [0.1, 0.15) is 27.2 Å². The Hall–Kier alpha value is -4.59. The SMILES string of the molecule is Cc1ccc(-c2cc(C(=O)N/N=C\c3ccc([N+](=O)[O-])cc3)nn2-c2cccc(C)c2)cc1. The molecular formula is C25H21N5O3. The number of hydrogen-bond acceptors (Lipinski definition) is 5. The van der Waals surface area contributed by atoms with E-state index in [0.29, 0.717) is 5.56 Å². The van der Waals surface area contributed by atoms with E-state index in [0.717, 1.165) is 28.1 Å². The maximum Gasteiger partial charge on any atom is 0.291 e. The van der Waals surface area contributed by atoms with Crippen molar-refractivity contribution in [2.45, 2.75) is 13.8 Å². The lowest BCUT2D eigenvalue weighted by Crippen LogP contribution is -2.18. The van der Waals surface area contributed by atoms with E-state index in [9.17, 15) is 14.9 Å². The monoisotopic (exact) mass is 439 g/mol. The summed E-state index contributed by atoms with van der Waals surface area (Å²) in [6, 6.07) is 23.5. The first-order valence-corrected chi connectivity index (χ1v) is 10.2. The molecule has 164 valence electrons. The molecule has 0 atom stereocenters. The number of hydrogen-bond donors (Lipinski definition) is 1. The highest BCUT2D eigenvalue weighted by Gasteiger charge is 2.16. The molecule has 33 heavy (non-hydrogen) atoms.